The second kappa shape index (κ2) is 5.59. The van der Waals surface area contributed by atoms with Gasteiger partial charge in [-0.05, 0) is 6.42 Å². The normalized spacial score (nSPS) is 16.5. The molecule has 1 aliphatic heterocycles. The molecule has 0 aliphatic carbocycles. The Morgan fingerprint density at radius 2 is 2.00 bits per heavy atom. The molecule has 0 aromatic heterocycles. The highest BCUT2D eigenvalue weighted by Gasteiger charge is 2.24. The molecule has 0 spiro atoms. The molecule has 1 aliphatic rings. The Kier molecular flexibility index (Phi) is 4.39. The van der Waals surface area contributed by atoms with E-state index in [1.165, 1.54) is 4.90 Å². The van der Waals surface area contributed by atoms with E-state index in [1.54, 1.807) is 0 Å². The minimum atomic E-state index is -0.756. The molecule has 0 unspecified atom stereocenters. The molecule has 0 saturated carbocycles. The number of morpholine rings is 1. The molecule has 5 nitrogen and oxygen atoms in total. The van der Waals surface area contributed by atoms with Gasteiger partial charge in [0.05, 0.1) is 19.8 Å². The van der Waals surface area contributed by atoms with Gasteiger partial charge in [-0.15, -0.1) is 0 Å². The van der Waals surface area contributed by atoms with E-state index in [0.717, 1.165) is 6.42 Å². The first-order valence-electron chi connectivity index (χ1n) is 4.79. The molecule has 5 heteroatoms. The largest absolute Gasteiger partial charge is 0.459 e. The molecule has 0 bridgehead atoms. The number of hydrogen-bond donors (Lipinski definition) is 0. The standard InChI is InChI=1S/C9H15NO4/c1-2-5-14-9(12)8(11)10-3-6-13-7-4-10/h2-7H2,1H3. The van der Waals surface area contributed by atoms with Crippen LogP contribution in [0.15, 0.2) is 0 Å². The second-order valence-electron chi connectivity index (χ2n) is 3.04. The first-order chi connectivity index (χ1) is 6.75. The summed E-state index contributed by atoms with van der Waals surface area (Å²) in [4.78, 5) is 24.0. The van der Waals surface area contributed by atoms with Crippen LogP contribution in [0.5, 0.6) is 0 Å². The van der Waals surface area contributed by atoms with E-state index in [-0.39, 0.29) is 0 Å². The monoisotopic (exact) mass is 201 g/mol. The minimum Gasteiger partial charge on any atom is -0.459 e. The third kappa shape index (κ3) is 2.99. The quantitative estimate of drug-likeness (QED) is 0.458. The molecule has 0 aromatic rings. The number of amides is 1. The van der Waals surface area contributed by atoms with E-state index in [9.17, 15) is 9.59 Å². The van der Waals surface area contributed by atoms with Crippen LogP contribution < -0.4 is 0 Å². The number of hydrogen-bond acceptors (Lipinski definition) is 4. The Morgan fingerprint density at radius 1 is 1.36 bits per heavy atom. The Labute approximate surface area is 83.0 Å². The number of carbonyl (C=O) groups excluding carboxylic acids is 2. The number of rotatable bonds is 2. The zero-order valence-electron chi connectivity index (χ0n) is 8.32. The molecule has 0 N–H and O–H groups in total. The lowest BCUT2D eigenvalue weighted by molar-refractivity contribution is -0.162. The first-order valence-corrected chi connectivity index (χ1v) is 4.79. The fraction of sp³-hybridized carbons (Fsp3) is 0.778. The first kappa shape index (κ1) is 11.0. The van der Waals surface area contributed by atoms with Gasteiger partial charge in [0.1, 0.15) is 0 Å². The van der Waals surface area contributed by atoms with Crippen molar-refractivity contribution >= 4 is 11.9 Å². The van der Waals surface area contributed by atoms with Gasteiger partial charge in [0, 0.05) is 13.1 Å². The van der Waals surface area contributed by atoms with Gasteiger partial charge in [0.15, 0.2) is 0 Å². The highest BCUT2D eigenvalue weighted by atomic mass is 16.5. The van der Waals surface area contributed by atoms with Crippen LogP contribution in [0, 0.1) is 0 Å². The predicted octanol–water partition coefficient (Wildman–Crippen LogP) is -0.202. The lowest BCUT2D eigenvalue weighted by Gasteiger charge is -2.25. The summed E-state index contributed by atoms with van der Waals surface area (Å²) in [5.41, 5.74) is 0. The van der Waals surface area contributed by atoms with Gasteiger partial charge in [-0.1, -0.05) is 6.92 Å². The third-order valence-electron chi connectivity index (χ3n) is 1.91. The van der Waals surface area contributed by atoms with Crippen molar-refractivity contribution in [2.24, 2.45) is 0 Å². The Morgan fingerprint density at radius 3 is 2.57 bits per heavy atom. The maximum atomic E-state index is 11.4. The SMILES string of the molecule is CCCOC(=O)C(=O)N1CCOCC1. The topological polar surface area (TPSA) is 55.8 Å². The maximum absolute atomic E-state index is 11.4. The molecule has 1 amide bonds. The Balaban J connectivity index is 2.34. The maximum Gasteiger partial charge on any atom is 0.397 e. The summed E-state index contributed by atoms with van der Waals surface area (Å²) < 4.78 is 9.80. The number of ether oxygens (including phenoxy) is 2. The van der Waals surface area contributed by atoms with Crippen LogP contribution in [0.25, 0.3) is 0 Å². The van der Waals surface area contributed by atoms with Crippen molar-refractivity contribution in [3.8, 4) is 0 Å². The lowest BCUT2D eigenvalue weighted by atomic mass is 10.4. The van der Waals surface area contributed by atoms with E-state index < -0.39 is 11.9 Å². The Hall–Kier alpha value is -1.10. The summed E-state index contributed by atoms with van der Waals surface area (Å²) in [6.45, 7) is 4.11. The van der Waals surface area contributed by atoms with Crippen molar-refractivity contribution in [3.63, 3.8) is 0 Å². The number of carbonyl (C=O) groups is 2. The van der Waals surface area contributed by atoms with Crippen LogP contribution in [0.2, 0.25) is 0 Å². The predicted molar refractivity (Wildman–Crippen MR) is 48.6 cm³/mol. The molecule has 0 aromatic carbocycles. The van der Waals surface area contributed by atoms with Crippen LogP contribution in [-0.4, -0.2) is 49.7 Å². The molecule has 1 fully saturated rings. The molecule has 1 saturated heterocycles. The van der Waals surface area contributed by atoms with E-state index in [1.807, 2.05) is 6.92 Å². The van der Waals surface area contributed by atoms with Crippen molar-refractivity contribution in [2.45, 2.75) is 13.3 Å². The van der Waals surface area contributed by atoms with Crippen LogP contribution in [0.3, 0.4) is 0 Å². The van der Waals surface area contributed by atoms with E-state index in [4.69, 9.17) is 9.47 Å². The fourth-order valence-electron chi connectivity index (χ4n) is 1.15. The van der Waals surface area contributed by atoms with E-state index in [0.29, 0.717) is 32.9 Å². The number of nitrogens with zero attached hydrogens (tertiary/aromatic N) is 1. The fourth-order valence-corrected chi connectivity index (χ4v) is 1.15. The summed E-state index contributed by atoms with van der Waals surface area (Å²) >= 11 is 0. The number of esters is 1. The second-order valence-corrected chi connectivity index (χ2v) is 3.04. The molecule has 80 valence electrons. The summed E-state index contributed by atoms with van der Waals surface area (Å²) in [5.74, 6) is -1.31. The summed E-state index contributed by atoms with van der Waals surface area (Å²) in [6.07, 6.45) is 0.724. The van der Waals surface area contributed by atoms with Crippen LogP contribution in [0.1, 0.15) is 13.3 Å². The zero-order chi connectivity index (χ0) is 10.4. The van der Waals surface area contributed by atoms with Gasteiger partial charge in [-0.25, -0.2) is 4.79 Å². The third-order valence-corrected chi connectivity index (χ3v) is 1.91. The van der Waals surface area contributed by atoms with Crippen LogP contribution in [-0.2, 0) is 19.1 Å². The van der Waals surface area contributed by atoms with E-state index >= 15 is 0 Å². The van der Waals surface area contributed by atoms with Crippen molar-refractivity contribution in [3.05, 3.63) is 0 Å². The molecule has 1 heterocycles. The summed E-state index contributed by atoms with van der Waals surface area (Å²) in [5, 5.41) is 0. The van der Waals surface area contributed by atoms with Gasteiger partial charge < -0.3 is 14.4 Å². The molecule has 0 radical (unpaired) electrons. The van der Waals surface area contributed by atoms with Gasteiger partial charge in [-0.2, -0.15) is 0 Å². The molecule has 0 atom stereocenters. The molecule has 14 heavy (non-hydrogen) atoms. The smallest absolute Gasteiger partial charge is 0.397 e. The van der Waals surface area contributed by atoms with Gasteiger partial charge in [-0.3, -0.25) is 4.79 Å². The van der Waals surface area contributed by atoms with Crippen molar-refractivity contribution < 1.29 is 19.1 Å². The lowest BCUT2D eigenvalue weighted by Crippen LogP contribution is -2.44. The van der Waals surface area contributed by atoms with Crippen molar-refractivity contribution in [1.29, 1.82) is 0 Å². The van der Waals surface area contributed by atoms with Gasteiger partial charge in [0.2, 0.25) is 0 Å². The van der Waals surface area contributed by atoms with Crippen LogP contribution in [0.4, 0.5) is 0 Å². The molecular weight excluding hydrogens is 186 g/mol. The van der Waals surface area contributed by atoms with Crippen molar-refractivity contribution in [1.82, 2.24) is 4.90 Å². The van der Waals surface area contributed by atoms with Gasteiger partial charge in [0.25, 0.3) is 0 Å². The zero-order valence-corrected chi connectivity index (χ0v) is 8.32. The van der Waals surface area contributed by atoms with Crippen LogP contribution >= 0.6 is 0 Å². The minimum absolute atomic E-state index is 0.301. The highest BCUT2D eigenvalue weighted by molar-refractivity contribution is 6.32. The van der Waals surface area contributed by atoms with Crippen molar-refractivity contribution in [2.75, 3.05) is 32.9 Å². The molecule has 1 rings (SSSR count). The molecular formula is C9H15NO4. The summed E-state index contributed by atoms with van der Waals surface area (Å²) in [7, 11) is 0. The van der Waals surface area contributed by atoms with E-state index in [2.05, 4.69) is 0 Å². The average Bonchev–Trinajstić information content (AvgIpc) is 2.26. The average molecular weight is 201 g/mol. The summed E-state index contributed by atoms with van der Waals surface area (Å²) in [6, 6.07) is 0. The van der Waals surface area contributed by atoms with Gasteiger partial charge >= 0.3 is 11.9 Å². The Bertz CT molecular complexity index is 211. The highest BCUT2D eigenvalue weighted by Crippen LogP contribution is 1.98.